The highest BCUT2D eigenvalue weighted by Crippen LogP contribution is 2.36. The van der Waals surface area contributed by atoms with Crippen LogP contribution in [0.2, 0.25) is 0 Å². The van der Waals surface area contributed by atoms with Crippen LogP contribution in [0.4, 0.5) is 0 Å². The highest BCUT2D eigenvalue weighted by molar-refractivity contribution is 5.96. The van der Waals surface area contributed by atoms with Crippen LogP contribution in [-0.4, -0.2) is 24.7 Å². The summed E-state index contributed by atoms with van der Waals surface area (Å²) < 4.78 is 13.1. The molecule has 0 atom stereocenters. The Bertz CT molecular complexity index is 961. The number of hydrogen-bond donors (Lipinski definition) is 1. The van der Waals surface area contributed by atoms with Gasteiger partial charge in [0.1, 0.15) is 11.5 Å². The fourth-order valence-electron chi connectivity index (χ4n) is 3.51. The quantitative estimate of drug-likeness (QED) is 0.638. The second-order valence-corrected chi connectivity index (χ2v) is 6.70. The molecule has 0 saturated heterocycles. The van der Waals surface area contributed by atoms with Gasteiger partial charge in [0, 0.05) is 17.8 Å². The predicted octanol–water partition coefficient (Wildman–Crippen LogP) is 4.21. The van der Waals surface area contributed by atoms with Crippen LogP contribution in [0.15, 0.2) is 54.6 Å². The van der Waals surface area contributed by atoms with Gasteiger partial charge in [-0.2, -0.15) is 0 Å². The molecule has 5 heteroatoms. The lowest BCUT2D eigenvalue weighted by Crippen LogP contribution is -2.12. The van der Waals surface area contributed by atoms with Crippen LogP contribution in [0.3, 0.4) is 0 Å². The van der Waals surface area contributed by atoms with E-state index >= 15 is 0 Å². The van der Waals surface area contributed by atoms with E-state index in [4.69, 9.17) is 15.2 Å². The fourth-order valence-corrected chi connectivity index (χ4v) is 3.51. The molecule has 3 aromatic rings. The number of methoxy groups -OCH3 is 2. The lowest BCUT2D eigenvalue weighted by Gasteiger charge is -2.15. The van der Waals surface area contributed by atoms with Crippen molar-refractivity contribution in [2.45, 2.75) is 26.3 Å². The number of carbonyl (C=O) groups excluding carboxylic acids is 1. The Hall–Kier alpha value is -3.21. The normalized spacial score (nSPS) is 10.7. The number of hydrogen-bond acceptors (Lipinski definition) is 3. The number of aromatic nitrogens is 1. The van der Waals surface area contributed by atoms with Crippen molar-refractivity contribution in [3.05, 3.63) is 71.4 Å². The van der Waals surface area contributed by atoms with Gasteiger partial charge in [-0.15, -0.1) is 0 Å². The molecule has 2 N–H and O–H groups in total. The summed E-state index contributed by atoms with van der Waals surface area (Å²) in [6, 6.07) is 17.9. The van der Waals surface area contributed by atoms with Gasteiger partial charge < -0.3 is 19.8 Å². The summed E-state index contributed by atoms with van der Waals surface area (Å²) in [6.07, 6.45) is 1.90. The van der Waals surface area contributed by atoms with E-state index in [1.54, 1.807) is 14.2 Å². The number of aryl methyl sites for hydroxylation is 1. The van der Waals surface area contributed by atoms with Crippen LogP contribution in [0.1, 0.15) is 28.0 Å². The first kappa shape index (κ1) is 19.5. The van der Waals surface area contributed by atoms with Gasteiger partial charge in [0.05, 0.1) is 25.5 Å². The third-order valence-corrected chi connectivity index (χ3v) is 5.00. The standard InChI is InChI=1S/C23H26N2O3/c1-16-19(23(24)26)15-21(20-14-18(27-2)11-12-22(20)28-3)25(16)13-7-10-17-8-5-4-6-9-17/h4-6,8-9,11-12,14-15H,7,10,13H2,1-3H3,(H2,24,26). The summed E-state index contributed by atoms with van der Waals surface area (Å²) in [7, 11) is 3.26. The first-order valence-corrected chi connectivity index (χ1v) is 9.31. The fraction of sp³-hybridized carbons (Fsp3) is 0.261. The topological polar surface area (TPSA) is 66.5 Å². The van der Waals surface area contributed by atoms with Gasteiger partial charge in [-0.05, 0) is 49.6 Å². The maximum atomic E-state index is 11.9. The summed E-state index contributed by atoms with van der Waals surface area (Å²) in [5.74, 6) is 1.02. The largest absolute Gasteiger partial charge is 0.497 e. The Morgan fingerprint density at radius 3 is 2.43 bits per heavy atom. The van der Waals surface area contributed by atoms with Crippen LogP contribution >= 0.6 is 0 Å². The summed E-state index contributed by atoms with van der Waals surface area (Å²) in [6.45, 7) is 2.70. The summed E-state index contributed by atoms with van der Waals surface area (Å²) in [5, 5.41) is 0. The molecule has 5 nitrogen and oxygen atoms in total. The Morgan fingerprint density at radius 2 is 1.79 bits per heavy atom. The number of amides is 1. The summed E-state index contributed by atoms with van der Waals surface area (Å²) in [5.41, 5.74) is 10.1. The second-order valence-electron chi connectivity index (χ2n) is 6.70. The summed E-state index contributed by atoms with van der Waals surface area (Å²) >= 11 is 0. The minimum absolute atomic E-state index is 0.428. The number of nitrogens with zero attached hydrogens (tertiary/aromatic N) is 1. The van der Waals surface area contributed by atoms with Crippen LogP contribution in [-0.2, 0) is 13.0 Å². The number of rotatable bonds is 8. The molecule has 1 heterocycles. The van der Waals surface area contributed by atoms with Crippen LogP contribution < -0.4 is 15.2 Å². The van der Waals surface area contributed by atoms with E-state index < -0.39 is 5.91 Å². The number of nitrogens with two attached hydrogens (primary N) is 1. The van der Waals surface area contributed by atoms with Gasteiger partial charge in [-0.25, -0.2) is 0 Å². The highest BCUT2D eigenvalue weighted by Gasteiger charge is 2.19. The first-order chi connectivity index (χ1) is 13.5. The first-order valence-electron chi connectivity index (χ1n) is 9.31. The lowest BCUT2D eigenvalue weighted by molar-refractivity contribution is 0.0999. The van der Waals surface area contributed by atoms with Gasteiger partial charge in [0.25, 0.3) is 5.91 Å². The molecule has 146 valence electrons. The van der Waals surface area contributed by atoms with E-state index in [1.807, 2.05) is 49.4 Å². The maximum absolute atomic E-state index is 11.9. The molecule has 0 fully saturated rings. The SMILES string of the molecule is COc1ccc(OC)c(-c2cc(C(N)=O)c(C)n2CCCc2ccccc2)c1. The molecule has 0 saturated carbocycles. The number of carbonyl (C=O) groups is 1. The van der Waals surface area contributed by atoms with E-state index in [0.29, 0.717) is 5.56 Å². The van der Waals surface area contributed by atoms with Crippen molar-refractivity contribution >= 4 is 5.91 Å². The molecule has 0 radical (unpaired) electrons. The zero-order chi connectivity index (χ0) is 20.1. The van der Waals surface area contributed by atoms with Gasteiger partial charge >= 0.3 is 0 Å². The Balaban J connectivity index is 1.99. The van der Waals surface area contributed by atoms with Gasteiger partial charge in [-0.3, -0.25) is 4.79 Å². The van der Waals surface area contributed by atoms with Crippen LogP contribution in [0.5, 0.6) is 11.5 Å². The molecule has 0 aliphatic rings. The Kier molecular flexibility index (Phi) is 6.04. The van der Waals surface area contributed by atoms with Crippen molar-refractivity contribution in [2.24, 2.45) is 5.73 Å². The molecule has 2 aromatic carbocycles. The molecule has 1 aromatic heterocycles. The second kappa shape index (κ2) is 8.65. The molecular weight excluding hydrogens is 352 g/mol. The molecule has 1 amide bonds. The van der Waals surface area contributed by atoms with E-state index in [1.165, 1.54) is 5.56 Å². The minimum atomic E-state index is -0.428. The van der Waals surface area contributed by atoms with E-state index in [9.17, 15) is 4.79 Å². The molecule has 0 aliphatic carbocycles. The van der Waals surface area contributed by atoms with Crippen LogP contribution in [0, 0.1) is 6.92 Å². The zero-order valence-corrected chi connectivity index (χ0v) is 16.6. The third kappa shape index (κ3) is 4.03. The van der Waals surface area contributed by atoms with Gasteiger partial charge in [0.2, 0.25) is 0 Å². The monoisotopic (exact) mass is 378 g/mol. The number of primary amides is 1. The van der Waals surface area contributed by atoms with Crippen molar-refractivity contribution in [3.8, 4) is 22.8 Å². The van der Waals surface area contributed by atoms with E-state index in [-0.39, 0.29) is 0 Å². The molecule has 28 heavy (non-hydrogen) atoms. The average Bonchev–Trinajstić information content (AvgIpc) is 3.05. The van der Waals surface area contributed by atoms with E-state index in [0.717, 1.165) is 47.8 Å². The number of ether oxygens (including phenoxy) is 2. The van der Waals surface area contributed by atoms with Crippen molar-refractivity contribution in [3.63, 3.8) is 0 Å². The molecule has 0 bridgehead atoms. The predicted molar refractivity (Wildman–Crippen MR) is 111 cm³/mol. The van der Waals surface area contributed by atoms with E-state index in [2.05, 4.69) is 16.7 Å². The Morgan fingerprint density at radius 1 is 1.04 bits per heavy atom. The molecule has 0 aliphatic heterocycles. The molecule has 0 spiro atoms. The van der Waals surface area contributed by atoms with Crippen molar-refractivity contribution in [1.29, 1.82) is 0 Å². The average molecular weight is 378 g/mol. The van der Waals surface area contributed by atoms with Crippen molar-refractivity contribution in [2.75, 3.05) is 14.2 Å². The summed E-state index contributed by atoms with van der Waals surface area (Å²) in [4.78, 5) is 11.9. The zero-order valence-electron chi connectivity index (χ0n) is 16.6. The highest BCUT2D eigenvalue weighted by atomic mass is 16.5. The minimum Gasteiger partial charge on any atom is -0.497 e. The number of benzene rings is 2. The van der Waals surface area contributed by atoms with Gasteiger partial charge in [-0.1, -0.05) is 30.3 Å². The third-order valence-electron chi connectivity index (χ3n) is 5.00. The van der Waals surface area contributed by atoms with Gasteiger partial charge in [0.15, 0.2) is 0 Å². The lowest BCUT2D eigenvalue weighted by atomic mass is 10.1. The van der Waals surface area contributed by atoms with Crippen LogP contribution in [0.25, 0.3) is 11.3 Å². The molecule has 3 rings (SSSR count). The Labute approximate surface area is 165 Å². The van der Waals surface area contributed by atoms with Crippen molar-refractivity contribution < 1.29 is 14.3 Å². The maximum Gasteiger partial charge on any atom is 0.250 e. The molecule has 0 unspecified atom stereocenters. The van der Waals surface area contributed by atoms with Crippen molar-refractivity contribution in [1.82, 2.24) is 4.57 Å². The smallest absolute Gasteiger partial charge is 0.250 e. The molecular formula is C23H26N2O3.